The molecule has 1 aliphatic rings. The van der Waals surface area contributed by atoms with Gasteiger partial charge in [0.15, 0.2) is 0 Å². The number of rotatable bonds is 5. The number of hydrogen-bond donors (Lipinski definition) is 1. The number of fused-ring (bicyclic) bond motifs is 1. The van der Waals surface area contributed by atoms with Crippen LogP contribution in [0.5, 0.6) is 0 Å². The van der Waals surface area contributed by atoms with E-state index >= 15 is 0 Å². The summed E-state index contributed by atoms with van der Waals surface area (Å²) in [5.41, 5.74) is 2.40. The van der Waals surface area contributed by atoms with Crippen LogP contribution in [-0.4, -0.2) is 25.4 Å². The van der Waals surface area contributed by atoms with Gasteiger partial charge in [-0.2, -0.15) is 0 Å². The van der Waals surface area contributed by atoms with Crippen molar-refractivity contribution in [2.24, 2.45) is 0 Å². The molecule has 0 aliphatic heterocycles. The Balaban J connectivity index is 1.90. The van der Waals surface area contributed by atoms with E-state index < -0.39 is 0 Å². The van der Waals surface area contributed by atoms with E-state index in [0.29, 0.717) is 5.92 Å². The Morgan fingerprint density at radius 1 is 1.60 bits per heavy atom. The molecule has 0 spiro atoms. The molecule has 84 valence electrons. The zero-order valence-corrected chi connectivity index (χ0v) is 9.38. The van der Waals surface area contributed by atoms with Crippen LogP contribution >= 0.6 is 0 Å². The molecular weight excluding hydrogens is 192 g/mol. The summed E-state index contributed by atoms with van der Waals surface area (Å²) in [5, 5.41) is 7.39. The van der Waals surface area contributed by atoms with Gasteiger partial charge in [0.1, 0.15) is 11.5 Å². The first kappa shape index (κ1) is 10.6. The van der Waals surface area contributed by atoms with Crippen molar-refractivity contribution in [2.45, 2.75) is 32.2 Å². The maximum Gasteiger partial charge on any atom is 0.143 e. The van der Waals surface area contributed by atoms with Gasteiger partial charge in [-0.15, -0.1) is 0 Å². The Bertz CT molecular complexity index is 322. The minimum absolute atomic E-state index is 0.542. The summed E-state index contributed by atoms with van der Waals surface area (Å²) in [6, 6.07) is 0. The first-order chi connectivity index (χ1) is 7.33. The average molecular weight is 210 g/mol. The molecule has 0 amide bonds. The molecule has 1 aromatic rings. The molecule has 0 aromatic carbocycles. The molecule has 1 N–H and O–H groups in total. The SMILES string of the molecule is COCCNCc1noc2c1CCC2C. The van der Waals surface area contributed by atoms with Crippen LogP contribution < -0.4 is 5.32 Å². The zero-order valence-electron chi connectivity index (χ0n) is 9.38. The largest absolute Gasteiger partial charge is 0.383 e. The van der Waals surface area contributed by atoms with Crippen molar-refractivity contribution in [3.63, 3.8) is 0 Å². The highest BCUT2D eigenvalue weighted by molar-refractivity contribution is 5.30. The molecular formula is C11H18N2O2. The Morgan fingerprint density at radius 3 is 3.27 bits per heavy atom. The molecule has 15 heavy (non-hydrogen) atoms. The van der Waals surface area contributed by atoms with Gasteiger partial charge in [-0.25, -0.2) is 0 Å². The Kier molecular flexibility index (Phi) is 3.38. The number of nitrogens with one attached hydrogen (secondary N) is 1. The van der Waals surface area contributed by atoms with Gasteiger partial charge in [-0.3, -0.25) is 0 Å². The third kappa shape index (κ3) is 2.21. The number of aromatic nitrogens is 1. The third-order valence-electron chi connectivity index (χ3n) is 2.95. The molecule has 1 aromatic heterocycles. The molecule has 1 heterocycles. The van der Waals surface area contributed by atoms with Crippen molar-refractivity contribution in [3.8, 4) is 0 Å². The molecule has 4 heteroatoms. The molecule has 0 saturated heterocycles. The van der Waals surface area contributed by atoms with E-state index in [9.17, 15) is 0 Å². The van der Waals surface area contributed by atoms with Crippen molar-refractivity contribution >= 4 is 0 Å². The molecule has 1 unspecified atom stereocenters. The van der Waals surface area contributed by atoms with Gasteiger partial charge in [0.2, 0.25) is 0 Å². The summed E-state index contributed by atoms with van der Waals surface area (Å²) in [6.45, 7) is 4.57. The van der Waals surface area contributed by atoms with Crippen molar-refractivity contribution in [2.75, 3.05) is 20.3 Å². The summed E-state index contributed by atoms with van der Waals surface area (Å²) in [5.74, 6) is 1.64. The zero-order chi connectivity index (χ0) is 10.7. The van der Waals surface area contributed by atoms with E-state index in [2.05, 4.69) is 17.4 Å². The second-order valence-corrected chi connectivity index (χ2v) is 4.08. The van der Waals surface area contributed by atoms with Crippen molar-refractivity contribution < 1.29 is 9.26 Å². The van der Waals surface area contributed by atoms with Crippen LogP contribution in [0.15, 0.2) is 4.52 Å². The number of methoxy groups -OCH3 is 1. The highest BCUT2D eigenvalue weighted by Gasteiger charge is 2.26. The molecule has 0 bridgehead atoms. The topological polar surface area (TPSA) is 47.3 Å². The van der Waals surface area contributed by atoms with Crippen LogP contribution in [0.4, 0.5) is 0 Å². The van der Waals surface area contributed by atoms with Gasteiger partial charge in [0.25, 0.3) is 0 Å². The summed E-state index contributed by atoms with van der Waals surface area (Å²) < 4.78 is 10.3. The predicted molar refractivity (Wildman–Crippen MR) is 56.8 cm³/mol. The molecule has 0 fully saturated rings. The Hall–Kier alpha value is -0.870. The maximum absolute atomic E-state index is 5.36. The first-order valence-electron chi connectivity index (χ1n) is 5.50. The molecule has 1 atom stereocenters. The number of ether oxygens (including phenoxy) is 1. The van der Waals surface area contributed by atoms with Gasteiger partial charge in [0.05, 0.1) is 6.61 Å². The van der Waals surface area contributed by atoms with Crippen LogP contribution in [0.1, 0.15) is 36.3 Å². The number of nitrogens with zero attached hydrogens (tertiary/aromatic N) is 1. The van der Waals surface area contributed by atoms with E-state index in [1.54, 1.807) is 7.11 Å². The van der Waals surface area contributed by atoms with Gasteiger partial charge in [0, 0.05) is 31.7 Å². The average Bonchev–Trinajstić information content (AvgIpc) is 2.78. The lowest BCUT2D eigenvalue weighted by atomic mass is 10.1. The van der Waals surface area contributed by atoms with Crippen LogP contribution in [0, 0.1) is 0 Å². The van der Waals surface area contributed by atoms with E-state index in [1.807, 2.05) is 0 Å². The monoisotopic (exact) mass is 210 g/mol. The summed E-state index contributed by atoms with van der Waals surface area (Å²) in [4.78, 5) is 0. The lowest BCUT2D eigenvalue weighted by Gasteiger charge is -2.01. The van der Waals surface area contributed by atoms with Crippen LogP contribution in [-0.2, 0) is 17.7 Å². The molecule has 1 aliphatic carbocycles. The fraction of sp³-hybridized carbons (Fsp3) is 0.727. The Labute approximate surface area is 90.0 Å². The summed E-state index contributed by atoms with van der Waals surface area (Å²) in [7, 11) is 1.71. The minimum atomic E-state index is 0.542. The maximum atomic E-state index is 5.36. The van der Waals surface area contributed by atoms with E-state index in [0.717, 1.165) is 37.6 Å². The normalized spacial score (nSPS) is 19.5. The van der Waals surface area contributed by atoms with Gasteiger partial charge >= 0.3 is 0 Å². The lowest BCUT2D eigenvalue weighted by molar-refractivity contribution is 0.199. The highest BCUT2D eigenvalue weighted by atomic mass is 16.5. The fourth-order valence-corrected chi connectivity index (χ4v) is 2.02. The van der Waals surface area contributed by atoms with Crippen molar-refractivity contribution in [3.05, 3.63) is 17.0 Å². The summed E-state index contributed by atoms with van der Waals surface area (Å²) in [6.07, 6.45) is 2.31. The van der Waals surface area contributed by atoms with Crippen molar-refractivity contribution in [1.82, 2.24) is 10.5 Å². The number of hydrogen-bond acceptors (Lipinski definition) is 4. The van der Waals surface area contributed by atoms with Gasteiger partial charge in [-0.05, 0) is 12.8 Å². The standard InChI is InChI=1S/C11H18N2O2/c1-8-3-4-9-10(13-15-11(8)9)7-12-5-6-14-2/h8,12H,3-7H2,1-2H3. The second kappa shape index (κ2) is 4.77. The first-order valence-corrected chi connectivity index (χ1v) is 5.50. The van der Waals surface area contributed by atoms with Crippen LogP contribution in [0.2, 0.25) is 0 Å². The van der Waals surface area contributed by atoms with Gasteiger partial charge < -0.3 is 14.6 Å². The van der Waals surface area contributed by atoms with E-state index in [1.165, 1.54) is 12.0 Å². The molecule has 0 saturated carbocycles. The quantitative estimate of drug-likeness (QED) is 0.747. The van der Waals surface area contributed by atoms with E-state index in [-0.39, 0.29) is 0 Å². The molecule has 0 radical (unpaired) electrons. The van der Waals surface area contributed by atoms with Crippen LogP contribution in [0.25, 0.3) is 0 Å². The second-order valence-electron chi connectivity index (χ2n) is 4.08. The molecule has 2 rings (SSSR count). The highest BCUT2D eigenvalue weighted by Crippen LogP contribution is 2.34. The minimum Gasteiger partial charge on any atom is -0.383 e. The smallest absolute Gasteiger partial charge is 0.143 e. The third-order valence-corrected chi connectivity index (χ3v) is 2.95. The van der Waals surface area contributed by atoms with Crippen molar-refractivity contribution in [1.29, 1.82) is 0 Å². The Morgan fingerprint density at radius 2 is 2.47 bits per heavy atom. The lowest BCUT2D eigenvalue weighted by Crippen LogP contribution is -2.19. The fourth-order valence-electron chi connectivity index (χ4n) is 2.02. The van der Waals surface area contributed by atoms with Crippen LogP contribution in [0.3, 0.4) is 0 Å². The van der Waals surface area contributed by atoms with Gasteiger partial charge in [-0.1, -0.05) is 12.1 Å². The summed E-state index contributed by atoms with van der Waals surface area (Å²) >= 11 is 0. The predicted octanol–water partition coefficient (Wildman–Crippen LogP) is 1.46. The van der Waals surface area contributed by atoms with E-state index in [4.69, 9.17) is 9.26 Å². The molecule has 4 nitrogen and oxygen atoms in total.